The van der Waals surface area contributed by atoms with Gasteiger partial charge in [-0.2, -0.15) is 0 Å². The van der Waals surface area contributed by atoms with Crippen molar-refractivity contribution in [3.05, 3.63) is 0 Å². The SMILES string of the molecule is CCC1CCC(CI)CC1. The Kier molecular flexibility index (Phi) is 4.04. The Morgan fingerprint density at radius 2 is 1.60 bits per heavy atom. The maximum atomic E-state index is 2.53. The minimum absolute atomic E-state index is 1.06. The van der Waals surface area contributed by atoms with Crippen molar-refractivity contribution in [2.75, 3.05) is 4.43 Å². The second-order valence-corrected chi connectivity index (χ2v) is 4.33. The summed E-state index contributed by atoms with van der Waals surface area (Å²) in [5.74, 6) is 2.13. The van der Waals surface area contributed by atoms with Crippen molar-refractivity contribution in [2.45, 2.75) is 39.0 Å². The van der Waals surface area contributed by atoms with Gasteiger partial charge in [-0.25, -0.2) is 0 Å². The molecule has 0 amide bonds. The van der Waals surface area contributed by atoms with Gasteiger partial charge in [0.15, 0.2) is 0 Å². The minimum Gasteiger partial charge on any atom is -0.0861 e. The zero-order chi connectivity index (χ0) is 7.40. The highest BCUT2D eigenvalue weighted by Crippen LogP contribution is 2.31. The molecular weight excluding hydrogens is 235 g/mol. The largest absolute Gasteiger partial charge is 0.0861 e. The van der Waals surface area contributed by atoms with Crippen molar-refractivity contribution in [3.8, 4) is 0 Å². The molecule has 10 heavy (non-hydrogen) atoms. The number of hydrogen-bond donors (Lipinski definition) is 0. The zero-order valence-corrected chi connectivity index (χ0v) is 8.93. The molecule has 1 aliphatic rings. The lowest BCUT2D eigenvalue weighted by atomic mass is 9.82. The summed E-state index contributed by atoms with van der Waals surface area (Å²) in [6.45, 7) is 2.33. The molecule has 1 fully saturated rings. The molecule has 0 aromatic heterocycles. The van der Waals surface area contributed by atoms with Crippen molar-refractivity contribution in [2.24, 2.45) is 11.8 Å². The molecule has 0 N–H and O–H groups in total. The van der Waals surface area contributed by atoms with E-state index in [4.69, 9.17) is 0 Å². The second-order valence-electron chi connectivity index (χ2n) is 3.45. The quantitative estimate of drug-likeness (QED) is 0.520. The Balaban J connectivity index is 2.17. The van der Waals surface area contributed by atoms with E-state index >= 15 is 0 Å². The average Bonchev–Trinajstić information content (AvgIpc) is 2.05. The van der Waals surface area contributed by atoms with Crippen molar-refractivity contribution in [3.63, 3.8) is 0 Å². The monoisotopic (exact) mass is 252 g/mol. The first-order chi connectivity index (χ1) is 4.86. The summed E-state index contributed by atoms with van der Waals surface area (Å²) in [4.78, 5) is 0. The number of rotatable bonds is 2. The number of alkyl halides is 1. The van der Waals surface area contributed by atoms with Crippen molar-refractivity contribution in [1.29, 1.82) is 0 Å². The minimum atomic E-state index is 1.06. The summed E-state index contributed by atoms with van der Waals surface area (Å²) in [5.41, 5.74) is 0. The van der Waals surface area contributed by atoms with Crippen molar-refractivity contribution in [1.82, 2.24) is 0 Å². The molecule has 1 heteroatoms. The van der Waals surface area contributed by atoms with Gasteiger partial charge >= 0.3 is 0 Å². The molecule has 1 saturated carbocycles. The molecule has 0 heterocycles. The van der Waals surface area contributed by atoms with Gasteiger partial charge in [0, 0.05) is 4.43 Å². The van der Waals surface area contributed by atoms with E-state index in [2.05, 4.69) is 29.5 Å². The Hall–Kier alpha value is 0.730. The lowest BCUT2D eigenvalue weighted by molar-refractivity contribution is 0.290. The van der Waals surface area contributed by atoms with Crippen LogP contribution in [0, 0.1) is 11.8 Å². The molecule has 0 aromatic rings. The third-order valence-corrected chi connectivity index (χ3v) is 4.01. The lowest BCUT2D eigenvalue weighted by Gasteiger charge is -2.26. The van der Waals surface area contributed by atoms with Crippen LogP contribution in [0.5, 0.6) is 0 Å². The average molecular weight is 252 g/mol. The zero-order valence-electron chi connectivity index (χ0n) is 6.78. The first-order valence-electron chi connectivity index (χ1n) is 4.42. The Labute approximate surface area is 77.9 Å². The van der Waals surface area contributed by atoms with E-state index in [9.17, 15) is 0 Å². The normalized spacial score (nSPS) is 34.2. The first-order valence-corrected chi connectivity index (χ1v) is 5.95. The molecule has 0 bridgehead atoms. The molecule has 1 aliphatic carbocycles. The van der Waals surface area contributed by atoms with Gasteiger partial charge in [0.1, 0.15) is 0 Å². The van der Waals surface area contributed by atoms with Crippen LogP contribution in [0.4, 0.5) is 0 Å². The highest BCUT2D eigenvalue weighted by molar-refractivity contribution is 14.1. The van der Waals surface area contributed by atoms with Crippen LogP contribution in [0.15, 0.2) is 0 Å². The van der Waals surface area contributed by atoms with Crippen LogP contribution in [0.2, 0.25) is 0 Å². The van der Waals surface area contributed by atoms with Crippen LogP contribution in [-0.2, 0) is 0 Å². The number of halogens is 1. The van der Waals surface area contributed by atoms with E-state index < -0.39 is 0 Å². The fourth-order valence-corrected chi connectivity index (χ4v) is 2.67. The molecule has 0 saturated heterocycles. The maximum absolute atomic E-state index is 2.53. The van der Waals surface area contributed by atoms with Gasteiger partial charge < -0.3 is 0 Å². The van der Waals surface area contributed by atoms with Crippen LogP contribution < -0.4 is 0 Å². The third-order valence-electron chi connectivity index (χ3n) is 2.76. The van der Waals surface area contributed by atoms with Gasteiger partial charge in [-0.1, -0.05) is 48.8 Å². The summed E-state index contributed by atoms with van der Waals surface area (Å²) < 4.78 is 1.38. The van der Waals surface area contributed by atoms with Crippen molar-refractivity contribution < 1.29 is 0 Å². The smallest absolute Gasteiger partial charge is 0.00237 e. The molecule has 0 spiro atoms. The molecule has 60 valence electrons. The van der Waals surface area contributed by atoms with Gasteiger partial charge in [-0.15, -0.1) is 0 Å². The molecule has 0 nitrogen and oxygen atoms in total. The van der Waals surface area contributed by atoms with Crippen molar-refractivity contribution >= 4 is 22.6 Å². The highest BCUT2D eigenvalue weighted by atomic mass is 127. The Bertz CT molecular complexity index is 70.7. The summed E-state index contributed by atoms with van der Waals surface area (Å²) in [6, 6.07) is 0. The second kappa shape index (κ2) is 4.58. The van der Waals surface area contributed by atoms with Crippen LogP contribution >= 0.6 is 22.6 Å². The Morgan fingerprint density at radius 3 is 2.00 bits per heavy atom. The standard InChI is InChI=1S/C9H17I/c1-2-8-3-5-9(7-10)6-4-8/h8-9H,2-7H2,1H3. The first kappa shape index (κ1) is 8.82. The number of hydrogen-bond acceptors (Lipinski definition) is 0. The molecule has 0 aromatic carbocycles. The fourth-order valence-electron chi connectivity index (χ4n) is 1.79. The van der Waals surface area contributed by atoms with Crippen LogP contribution in [0.3, 0.4) is 0 Å². The van der Waals surface area contributed by atoms with Gasteiger partial charge in [-0.05, 0) is 24.7 Å². The lowest BCUT2D eigenvalue weighted by Crippen LogP contribution is -2.14. The molecule has 0 atom stereocenters. The van der Waals surface area contributed by atoms with E-state index in [0.29, 0.717) is 0 Å². The van der Waals surface area contributed by atoms with Crippen LogP contribution in [0.1, 0.15) is 39.0 Å². The Morgan fingerprint density at radius 1 is 1.10 bits per heavy atom. The predicted molar refractivity (Wildman–Crippen MR) is 54.6 cm³/mol. The predicted octanol–water partition coefficient (Wildman–Crippen LogP) is 3.64. The van der Waals surface area contributed by atoms with E-state index in [1.54, 1.807) is 0 Å². The van der Waals surface area contributed by atoms with E-state index in [1.807, 2.05) is 0 Å². The molecular formula is C9H17I. The van der Waals surface area contributed by atoms with Gasteiger partial charge in [0.25, 0.3) is 0 Å². The van der Waals surface area contributed by atoms with Crippen LogP contribution in [-0.4, -0.2) is 4.43 Å². The van der Waals surface area contributed by atoms with E-state index in [0.717, 1.165) is 11.8 Å². The van der Waals surface area contributed by atoms with Gasteiger partial charge in [0.2, 0.25) is 0 Å². The molecule has 1 rings (SSSR count). The van der Waals surface area contributed by atoms with E-state index in [1.165, 1.54) is 36.5 Å². The highest BCUT2D eigenvalue weighted by Gasteiger charge is 2.18. The van der Waals surface area contributed by atoms with Gasteiger partial charge in [-0.3, -0.25) is 0 Å². The summed E-state index contributed by atoms with van der Waals surface area (Å²) in [7, 11) is 0. The van der Waals surface area contributed by atoms with Gasteiger partial charge in [0.05, 0.1) is 0 Å². The summed E-state index contributed by atoms with van der Waals surface area (Å²) in [5, 5.41) is 0. The maximum Gasteiger partial charge on any atom is 0.00237 e. The topological polar surface area (TPSA) is 0 Å². The third kappa shape index (κ3) is 2.40. The summed E-state index contributed by atoms with van der Waals surface area (Å²) in [6.07, 6.45) is 7.42. The molecule has 0 unspecified atom stereocenters. The molecule has 0 radical (unpaired) electrons. The summed E-state index contributed by atoms with van der Waals surface area (Å²) >= 11 is 2.53. The van der Waals surface area contributed by atoms with Crippen LogP contribution in [0.25, 0.3) is 0 Å². The molecule has 0 aliphatic heterocycles. The fraction of sp³-hybridized carbons (Fsp3) is 1.00. The van der Waals surface area contributed by atoms with E-state index in [-0.39, 0.29) is 0 Å².